The smallest absolute Gasteiger partial charge is 0.108 e. The molecule has 3 atom stereocenters. The van der Waals surface area contributed by atoms with Gasteiger partial charge in [-0.25, -0.2) is 0 Å². The molecule has 3 N–H and O–H groups in total. The zero-order valence-corrected chi connectivity index (χ0v) is 8.19. The molecule has 0 amide bonds. The molecule has 0 aliphatic carbocycles. The van der Waals surface area contributed by atoms with E-state index in [1.807, 2.05) is 13.8 Å². The van der Waals surface area contributed by atoms with Gasteiger partial charge in [0.2, 0.25) is 0 Å². The van der Waals surface area contributed by atoms with Crippen molar-refractivity contribution >= 4 is 0 Å². The Hall–Kier alpha value is -0.160. The Balaban J connectivity index is 0. The molecule has 12 heavy (non-hydrogen) atoms. The quantitative estimate of drug-likeness (QED) is 0.558. The van der Waals surface area contributed by atoms with Crippen molar-refractivity contribution in [2.24, 2.45) is 0 Å². The summed E-state index contributed by atoms with van der Waals surface area (Å²) in [5.74, 6) is 0. The number of methoxy groups -OCH3 is 1. The molecule has 0 saturated carbocycles. The van der Waals surface area contributed by atoms with E-state index >= 15 is 0 Å². The third-order valence-electron chi connectivity index (χ3n) is 1.36. The van der Waals surface area contributed by atoms with Crippen LogP contribution in [0.15, 0.2) is 0 Å². The van der Waals surface area contributed by atoms with Gasteiger partial charge in [0.25, 0.3) is 0 Å². The Labute approximate surface area is 73.8 Å². The second-order valence-electron chi connectivity index (χ2n) is 2.19. The monoisotopic (exact) mass is 180 g/mol. The molecular weight excluding hydrogens is 160 g/mol. The highest BCUT2D eigenvalue weighted by molar-refractivity contribution is 4.71. The van der Waals surface area contributed by atoms with E-state index < -0.39 is 18.3 Å². The summed E-state index contributed by atoms with van der Waals surface area (Å²) in [5, 5.41) is 26.4. The summed E-state index contributed by atoms with van der Waals surface area (Å²) in [7, 11) is 1.37. The Kier molecular flexibility index (Phi) is 10.7. The lowest BCUT2D eigenvalue weighted by atomic mass is 10.1. The third-order valence-corrected chi connectivity index (χ3v) is 1.36. The molecule has 0 aliphatic rings. The Morgan fingerprint density at radius 2 is 1.67 bits per heavy atom. The van der Waals surface area contributed by atoms with E-state index in [1.165, 1.54) is 14.0 Å². The maximum Gasteiger partial charge on any atom is 0.108 e. The predicted molar refractivity (Wildman–Crippen MR) is 46.9 cm³/mol. The molecule has 0 aromatic carbocycles. The van der Waals surface area contributed by atoms with Crippen LogP contribution in [0.3, 0.4) is 0 Å². The van der Waals surface area contributed by atoms with Crippen molar-refractivity contribution < 1.29 is 20.1 Å². The van der Waals surface area contributed by atoms with Gasteiger partial charge in [-0.2, -0.15) is 0 Å². The summed E-state index contributed by atoms with van der Waals surface area (Å²) in [6.45, 7) is 5.15. The average Bonchev–Trinajstić information content (AvgIpc) is 2.10. The van der Waals surface area contributed by atoms with E-state index in [2.05, 4.69) is 4.74 Å². The van der Waals surface area contributed by atoms with Crippen molar-refractivity contribution in [1.29, 1.82) is 0 Å². The van der Waals surface area contributed by atoms with Gasteiger partial charge >= 0.3 is 0 Å². The Morgan fingerprint density at radius 3 is 1.75 bits per heavy atom. The van der Waals surface area contributed by atoms with Crippen LogP contribution in [0, 0.1) is 0 Å². The lowest BCUT2D eigenvalue weighted by Gasteiger charge is -2.21. The van der Waals surface area contributed by atoms with Crippen LogP contribution in [0.25, 0.3) is 0 Å². The number of aliphatic hydroxyl groups excluding tert-OH is 3. The van der Waals surface area contributed by atoms with Crippen LogP contribution in [0.1, 0.15) is 20.8 Å². The molecule has 76 valence electrons. The minimum absolute atomic E-state index is 0.289. The Bertz CT molecular complexity index is 81.1. The molecule has 0 saturated heterocycles. The number of hydrogen-bond acceptors (Lipinski definition) is 4. The largest absolute Gasteiger partial charge is 0.394 e. The number of ether oxygens (including phenoxy) is 1. The number of rotatable bonds is 4. The molecule has 0 radical (unpaired) electrons. The lowest BCUT2D eigenvalue weighted by molar-refractivity contribution is -0.0870. The average molecular weight is 180 g/mol. The molecule has 0 aromatic heterocycles. The van der Waals surface area contributed by atoms with Gasteiger partial charge in [-0.3, -0.25) is 0 Å². The second kappa shape index (κ2) is 8.93. The van der Waals surface area contributed by atoms with E-state index in [1.54, 1.807) is 0 Å². The fraction of sp³-hybridized carbons (Fsp3) is 1.00. The highest BCUT2D eigenvalue weighted by Crippen LogP contribution is 2.01. The maximum absolute atomic E-state index is 9.05. The predicted octanol–water partition coefficient (Wildman–Crippen LogP) is -0.238. The van der Waals surface area contributed by atoms with Crippen molar-refractivity contribution in [3.8, 4) is 0 Å². The fourth-order valence-corrected chi connectivity index (χ4v) is 0.633. The highest BCUT2D eigenvalue weighted by Gasteiger charge is 2.21. The van der Waals surface area contributed by atoms with Gasteiger partial charge in [0, 0.05) is 7.11 Å². The molecule has 0 aliphatic heterocycles. The van der Waals surface area contributed by atoms with Crippen molar-refractivity contribution in [1.82, 2.24) is 0 Å². The van der Waals surface area contributed by atoms with Gasteiger partial charge < -0.3 is 20.1 Å². The molecule has 3 unspecified atom stereocenters. The molecular formula is C8H20O4. The summed E-state index contributed by atoms with van der Waals surface area (Å²) >= 11 is 0. The molecule has 0 bridgehead atoms. The normalized spacial score (nSPS) is 17.2. The topological polar surface area (TPSA) is 69.9 Å². The second-order valence-corrected chi connectivity index (χ2v) is 2.19. The first-order valence-corrected chi connectivity index (χ1v) is 4.13. The summed E-state index contributed by atoms with van der Waals surface area (Å²) in [6, 6.07) is 0. The van der Waals surface area contributed by atoms with Crippen molar-refractivity contribution in [2.45, 2.75) is 39.1 Å². The van der Waals surface area contributed by atoms with Crippen LogP contribution in [-0.2, 0) is 4.74 Å². The van der Waals surface area contributed by atoms with Crippen LogP contribution < -0.4 is 0 Å². The first-order valence-electron chi connectivity index (χ1n) is 4.13. The molecule has 0 aromatic rings. The first-order chi connectivity index (χ1) is 5.63. The zero-order chi connectivity index (χ0) is 10.1. The van der Waals surface area contributed by atoms with Gasteiger partial charge in [0.05, 0.1) is 12.7 Å². The number of aliphatic hydroxyl groups is 3. The summed E-state index contributed by atoms with van der Waals surface area (Å²) in [5.41, 5.74) is 0. The molecule has 0 rings (SSSR count). The Morgan fingerprint density at radius 1 is 1.25 bits per heavy atom. The van der Waals surface area contributed by atoms with Crippen LogP contribution in [0.2, 0.25) is 0 Å². The summed E-state index contributed by atoms with van der Waals surface area (Å²) in [6.07, 6.45) is -2.59. The van der Waals surface area contributed by atoms with Crippen molar-refractivity contribution in [3.63, 3.8) is 0 Å². The third kappa shape index (κ3) is 5.49. The van der Waals surface area contributed by atoms with Crippen LogP contribution in [0.5, 0.6) is 0 Å². The molecule has 4 heteroatoms. The molecule has 0 heterocycles. The van der Waals surface area contributed by atoms with E-state index in [0.717, 1.165) is 0 Å². The zero-order valence-electron chi connectivity index (χ0n) is 8.19. The van der Waals surface area contributed by atoms with E-state index in [9.17, 15) is 0 Å². The minimum Gasteiger partial charge on any atom is -0.394 e. The maximum atomic E-state index is 9.05. The molecule has 0 spiro atoms. The van der Waals surface area contributed by atoms with Gasteiger partial charge in [-0.1, -0.05) is 13.8 Å². The lowest BCUT2D eigenvalue weighted by Crippen LogP contribution is -2.39. The van der Waals surface area contributed by atoms with E-state index in [0.29, 0.717) is 0 Å². The van der Waals surface area contributed by atoms with Crippen LogP contribution in [-0.4, -0.2) is 47.3 Å². The van der Waals surface area contributed by atoms with E-state index in [4.69, 9.17) is 15.3 Å². The SMILES string of the molecule is CC.COC(CO)C(O)C(C)O. The van der Waals surface area contributed by atoms with Gasteiger partial charge in [0.15, 0.2) is 0 Å². The van der Waals surface area contributed by atoms with Gasteiger partial charge in [-0.15, -0.1) is 0 Å². The highest BCUT2D eigenvalue weighted by atomic mass is 16.5. The fourth-order valence-electron chi connectivity index (χ4n) is 0.633. The standard InChI is InChI=1S/C6H14O4.C2H6/c1-4(8)6(9)5(3-7)10-2;1-2/h4-9H,3H2,1-2H3;1-2H3. The van der Waals surface area contributed by atoms with Gasteiger partial charge in [0.1, 0.15) is 12.2 Å². The van der Waals surface area contributed by atoms with Gasteiger partial charge in [-0.05, 0) is 6.92 Å². The van der Waals surface area contributed by atoms with Crippen molar-refractivity contribution in [3.05, 3.63) is 0 Å². The summed E-state index contributed by atoms with van der Waals surface area (Å²) in [4.78, 5) is 0. The van der Waals surface area contributed by atoms with Crippen LogP contribution >= 0.6 is 0 Å². The van der Waals surface area contributed by atoms with Crippen molar-refractivity contribution in [2.75, 3.05) is 13.7 Å². The molecule has 4 nitrogen and oxygen atoms in total. The minimum atomic E-state index is -1.02. The summed E-state index contributed by atoms with van der Waals surface area (Å²) < 4.78 is 4.66. The van der Waals surface area contributed by atoms with E-state index in [-0.39, 0.29) is 6.61 Å². The molecule has 0 fully saturated rings. The van der Waals surface area contributed by atoms with Crippen LogP contribution in [0.4, 0.5) is 0 Å². The first kappa shape index (κ1) is 14.4. The number of hydrogen-bond donors (Lipinski definition) is 3.